The molecule has 99 heavy (non-hydrogen) atoms. The molecule has 5 atom stereocenters. The summed E-state index contributed by atoms with van der Waals surface area (Å²) in [7, 11) is 2.65. The largest absolute Gasteiger partial charge is 0.490 e. The minimum Gasteiger partial charge on any atom is -0.490 e. The standard InChI is InChI=1S/C33H49N3O6.C21H34N2O4.2C12H17NO2/c1-20(2)41-28-21(3)14-24(15-22(28)4)25-17-33(42-35-25)18-26(31(39)40-8)36(19-33)30(38)29(32(5,6)7)34-27(37)16-23-12-10-9-11-13-23;1-14-11-16(20(26)27-5)23(13-14)19(25)18(21(2,3)4)22-17(24)12-15-9-7-6-8-10-15;2*1-8(2)15-12-9(3)5-11(7-13-14)6-10(12)4/h14-15,20,23,26,29H,9-13,16-19H2,1-8H3,(H,34,37);15-16,18H,1,6-13H2,2-5H3,(H,22,24);2*5-8,14H,1-4H3/t26-,29+,33+;16-,18+;;/m00../s1. The van der Waals surface area contributed by atoms with Gasteiger partial charge in [0.05, 0.1) is 57.2 Å². The molecule has 0 aromatic heterocycles. The number of esters is 2. The maximum Gasteiger partial charge on any atom is 0.328 e. The van der Waals surface area contributed by atoms with Crippen LogP contribution in [0.3, 0.4) is 0 Å². The minimum absolute atomic E-state index is 0.0647. The van der Waals surface area contributed by atoms with Crippen LogP contribution in [0.1, 0.15) is 229 Å². The van der Waals surface area contributed by atoms with Crippen LogP contribution in [-0.2, 0) is 43.1 Å². The maximum atomic E-state index is 14.2. The molecule has 2 aliphatic carbocycles. The smallest absolute Gasteiger partial charge is 0.328 e. The van der Waals surface area contributed by atoms with Crippen molar-refractivity contribution in [3.8, 4) is 17.2 Å². The van der Waals surface area contributed by atoms with Crippen molar-refractivity contribution in [3.05, 3.63) is 98.6 Å². The molecule has 21 nitrogen and oxygen atoms in total. The highest BCUT2D eigenvalue weighted by Crippen LogP contribution is 2.42. The van der Waals surface area contributed by atoms with E-state index < -0.39 is 52.5 Å². The van der Waals surface area contributed by atoms with Gasteiger partial charge in [-0.05, 0) is 212 Å². The van der Waals surface area contributed by atoms with Gasteiger partial charge in [-0.3, -0.25) is 19.2 Å². The van der Waals surface area contributed by atoms with Gasteiger partial charge in [0, 0.05) is 44.2 Å². The Kier molecular flexibility index (Phi) is 30.5. The van der Waals surface area contributed by atoms with Gasteiger partial charge in [0.1, 0.15) is 41.4 Å². The zero-order valence-corrected chi connectivity index (χ0v) is 63.1. The molecule has 2 saturated heterocycles. The molecule has 21 heteroatoms. The van der Waals surface area contributed by atoms with Crippen molar-refractivity contribution in [3.63, 3.8) is 0 Å². The second-order valence-corrected chi connectivity index (χ2v) is 30.7. The van der Waals surface area contributed by atoms with E-state index in [-0.39, 0.29) is 54.9 Å². The number of methoxy groups -OCH3 is 2. The van der Waals surface area contributed by atoms with E-state index in [9.17, 15) is 28.8 Å². The number of ether oxygens (including phenoxy) is 5. The summed E-state index contributed by atoms with van der Waals surface area (Å²) < 4.78 is 27.4. The van der Waals surface area contributed by atoms with Crippen LogP contribution in [0.4, 0.5) is 0 Å². The van der Waals surface area contributed by atoms with E-state index in [1.807, 2.05) is 161 Å². The summed E-state index contributed by atoms with van der Waals surface area (Å²) in [6.45, 7) is 40.0. The highest BCUT2D eigenvalue weighted by Gasteiger charge is 2.56. The SMILES string of the molecule is C=C1C[C@@H](C(=O)OC)N(C(=O)[C@@H](NC(=O)CC2CCCCC2)C(C)(C)C)C1.COC(=O)[C@@H]1C[C@]2(CC(c3cc(C)c(OC(C)C)c(C)c3)=NO2)CN1C(=O)[C@@H](NC(=O)CC1CCCCC1)C(C)(C)C.Cc1cc(C=NO)cc(C)c1OC(C)C.Cc1cc(C=NO)cc(C)c1OC(C)C. The summed E-state index contributed by atoms with van der Waals surface area (Å²) in [4.78, 5) is 87.3. The van der Waals surface area contributed by atoms with Crippen LogP contribution < -0.4 is 24.8 Å². The summed E-state index contributed by atoms with van der Waals surface area (Å²) >= 11 is 0. The maximum absolute atomic E-state index is 14.2. The van der Waals surface area contributed by atoms with E-state index in [2.05, 4.69) is 32.7 Å². The first-order chi connectivity index (χ1) is 46.4. The van der Waals surface area contributed by atoms with Crippen LogP contribution in [0.25, 0.3) is 0 Å². The Labute approximate surface area is 589 Å². The van der Waals surface area contributed by atoms with Crippen LogP contribution in [-0.4, -0.2) is 149 Å². The number of oxime groups is 3. The number of carbonyl (C=O) groups is 6. The van der Waals surface area contributed by atoms with Crippen molar-refractivity contribution in [1.29, 1.82) is 0 Å². The van der Waals surface area contributed by atoms with Crippen molar-refractivity contribution < 1.29 is 67.7 Å². The Balaban J connectivity index is 0.000000264. The minimum atomic E-state index is -0.854. The van der Waals surface area contributed by atoms with Crippen LogP contribution >= 0.6 is 0 Å². The lowest BCUT2D eigenvalue weighted by Crippen LogP contribution is -2.57. The Morgan fingerprint density at radius 3 is 1.31 bits per heavy atom. The average molecular weight is 1380 g/mol. The number of nitrogens with one attached hydrogen (secondary N) is 2. The number of benzene rings is 3. The van der Waals surface area contributed by atoms with Crippen molar-refractivity contribution in [2.75, 3.05) is 27.3 Å². The van der Waals surface area contributed by atoms with Gasteiger partial charge in [-0.25, -0.2) is 9.59 Å². The summed E-state index contributed by atoms with van der Waals surface area (Å²) in [5.74, 6) is 1.78. The average Bonchev–Trinajstić information content (AvgIpc) is 1.59. The molecule has 3 aliphatic heterocycles. The molecule has 548 valence electrons. The Morgan fingerprint density at radius 1 is 0.596 bits per heavy atom. The molecule has 1 spiro atoms. The normalized spacial score (nSPS) is 19.5. The lowest BCUT2D eigenvalue weighted by Gasteiger charge is -2.35. The predicted octanol–water partition coefficient (Wildman–Crippen LogP) is 13.8. The highest BCUT2D eigenvalue weighted by atomic mass is 16.7. The van der Waals surface area contributed by atoms with Crippen LogP contribution in [0, 0.1) is 64.2 Å². The number of hydrogen-bond acceptors (Lipinski definition) is 17. The fraction of sp³-hybridized carbons (Fsp3) is 0.628. The molecular formula is C78H117N7O14. The molecule has 3 heterocycles. The molecule has 3 aromatic carbocycles. The number of nitrogens with zero attached hydrogens (tertiary/aromatic N) is 5. The lowest BCUT2D eigenvalue weighted by atomic mass is 9.84. The number of carbonyl (C=O) groups excluding carboxylic acids is 6. The van der Waals surface area contributed by atoms with Crippen molar-refractivity contribution >= 4 is 53.7 Å². The van der Waals surface area contributed by atoms with E-state index in [4.69, 9.17) is 38.9 Å². The van der Waals surface area contributed by atoms with Gasteiger partial charge in [-0.15, -0.1) is 0 Å². The first-order valence-corrected chi connectivity index (χ1v) is 35.4. The number of likely N-dealkylation sites (tertiary alicyclic amines) is 2. The van der Waals surface area contributed by atoms with E-state index in [1.165, 1.54) is 62.1 Å². The Morgan fingerprint density at radius 2 is 0.960 bits per heavy atom. The molecule has 4 N–H and O–H groups in total. The third-order valence-corrected chi connectivity index (χ3v) is 18.5. The van der Waals surface area contributed by atoms with Crippen molar-refractivity contribution in [2.24, 2.45) is 38.1 Å². The molecule has 0 radical (unpaired) electrons. The second-order valence-electron chi connectivity index (χ2n) is 30.7. The number of rotatable bonds is 19. The van der Waals surface area contributed by atoms with Gasteiger partial charge in [0.25, 0.3) is 0 Å². The van der Waals surface area contributed by atoms with Crippen molar-refractivity contribution in [2.45, 2.75) is 269 Å². The zero-order valence-electron chi connectivity index (χ0n) is 63.1. The first-order valence-electron chi connectivity index (χ1n) is 35.4. The van der Waals surface area contributed by atoms with Gasteiger partial charge in [0.2, 0.25) is 23.6 Å². The van der Waals surface area contributed by atoms with E-state index in [1.54, 1.807) is 0 Å². The number of hydrogen-bond donors (Lipinski definition) is 4. The lowest BCUT2D eigenvalue weighted by molar-refractivity contribution is -0.153. The van der Waals surface area contributed by atoms with Crippen LogP contribution in [0.2, 0.25) is 0 Å². The van der Waals surface area contributed by atoms with E-state index in [0.717, 1.165) is 117 Å². The van der Waals surface area contributed by atoms with Gasteiger partial charge in [0.15, 0.2) is 5.60 Å². The predicted molar refractivity (Wildman–Crippen MR) is 387 cm³/mol. The molecule has 5 aliphatic rings. The topological polar surface area (TPSA) is 266 Å². The molecule has 0 unspecified atom stereocenters. The quantitative estimate of drug-likeness (QED) is 0.0286. The summed E-state index contributed by atoms with van der Waals surface area (Å²) in [6.07, 6.45) is 16.6. The fourth-order valence-corrected chi connectivity index (χ4v) is 13.8. The van der Waals surface area contributed by atoms with E-state index >= 15 is 0 Å². The Hall–Kier alpha value is -7.97. The summed E-state index contributed by atoms with van der Waals surface area (Å²) in [5.41, 5.74) is 8.62. The Bertz CT molecular complexity index is 3220. The van der Waals surface area contributed by atoms with Crippen LogP contribution in [0.5, 0.6) is 17.2 Å². The summed E-state index contributed by atoms with van der Waals surface area (Å²) in [6, 6.07) is 8.85. The zero-order chi connectivity index (χ0) is 73.9. The monoisotopic (exact) mass is 1380 g/mol. The second kappa shape index (κ2) is 36.9. The molecule has 2 saturated carbocycles. The van der Waals surface area contributed by atoms with Gasteiger partial charge in [-0.1, -0.05) is 108 Å². The fourth-order valence-electron chi connectivity index (χ4n) is 13.8. The van der Waals surface area contributed by atoms with Crippen molar-refractivity contribution in [1.82, 2.24) is 20.4 Å². The first kappa shape index (κ1) is 81.7. The van der Waals surface area contributed by atoms with Crippen LogP contribution in [0.15, 0.2) is 64.0 Å². The van der Waals surface area contributed by atoms with Gasteiger partial charge >= 0.3 is 11.9 Å². The third-order valence-electron chi connectivity index (χ3n) is 18.5. The van der Waals surface area contributed by atoms with Gasteiger partial charge < -0.3 is 59.4 Å². The van der Waals surface area contributed by atoms with E-state index in [0.29, 0.717) is 44.1 Å². The molecule has 4 fully saturated rings. The summed E-state index contributed by atoms with van der Waals surface area (Å²) in [5, 5.41) is 33.4. The highest BCUT2D eigenvalue weighted by molar-refractivity contribution is 6.03. The number of amides is 4. The molecule has 4 amide bonds. The number of aryl methyl sites for hydroxylation is 6. The molecule has 3 aromatic rings. The molecular weight excluding hydrogens is 1260 g/mol. The van der Waals surface area contributed by atoms with Gasteiger partial charge in [-0.2, -0.15) is 0 Å². The molecule has 0 bridgehead atoms. The molecule has 8 rings (SSSR count). The third kappa shape index (κ3) is 23.9.